The first-order valence-electron chi connectivity index (χ1n) is 5.39. The zero-order valence-corrected chi connectivity index (χ0v) is 8.65. The second-order valence-electron chi connectivity index (χ2n) is 3.81. The minimum Gasteiger partial charge on any atom is -0.500 e. The van der Waals surface area contributed by atoms with Gasteiger partial charge >= 0.3 is 5.82 Å². The quantitative estimate of drug-likeness (QED) is 0.687. The van der Waals surface area contributed by atoms with E-state index in [2.05, 4.69) is 9.83 Å². The first kappa shape index (κ1) is 9.97. The van der Waals surface area contributed by atoms with E-state index < -0.39 is 0 Å². The van der Waals surface area contributed by atoms with Crippen LogP contribution in [0, 0.1) is 6.57 Å². The molecule has 0 saturated heterocycles. The lowest BCUT2D eigenvalue weighted by atomic mass is 9.98. The van der Waals surface area contributed by atoms with E-state index in [1.165, 1.54) is 19.3 Å². The molecule has 1 aliphatic rings. The van der Waals surface area contributed by atoms with Gasteiger partial charge in [-0.05, 0) is 37.8 Å². The van der Waals surface area contributed by atoms with Crippen LogP contribution in [0.3, 0.4) is 0 Å². The van der Waals surface area contributed by atoms with Crippen molar-refractivity contribution in [2.24, 2.45) is 0 Å². The summed E-state index contributed by atoms with van der Waals surface area (Å²) in [6, 6.07) is 3.64. The number of pyridine rings is 1. The number of rotatable bonds is 2. The van der Waals surface area contributed by atoms with Gasteiger partial charge in [0.1, 0.15) is 11.9 Å². The molecule has 15 heavy (non-hydrogen) atoms. The van der Waals surface area contributed by atoms with Crippen LogP contribution in [0.4, 0.5) is 5.82 Å². The smallest absolute Gasteiger partial charge is 0.311 e. The molecule has 0 aliphatic heterocycles. The molecule has 1 aliphatic carbocycles. The fraction of sp³-hybridized carbons (Fsp3) is 0.500. The highest BCUT2D eigenvalue weighted by molar-refractivity contribution is 5.50. The first-order valence-corrected chi connectivity index (χ1v) is 5.39. The Labute approximate surface area is 89.9 Å². The van der Waals surface area contributed by atoms with Crippen LogP contribution in [0.2, 0.25) is 0 Å². The van der Waals surface area contributed by atoms with Crippen molar-refractivity contribution in [3.63, 3.8) is 0 Å². The molecule has 0 bridgehead atoms. The molecule has 3 heteroatoms. The predicted molar refractivity (Wildman–Crippen MR) is 58.0 cm³/mol. The highest BCUT2D eigenvalue weighted by atomic mass is 16.5. The molecule has 0 spiro atoms. The summed E-state index contributed by atoms with van der Waals surface area (Å²) in [5.74, 6) is 1.02. The SMILES string of the molecule is [C-]#[N+]c1ncccc1OC1CCCCC1. The highest BCUT2D eigenvalue weighted by Gasteiger charge is 2.16. The van der Waals surface area contributed by atoms with E-state index in [0.29, 0.717) is 11.6 Å². The molecule has 1 aromatic heterocycles. The Bertz CT molecular complexity index is 364. The number of nitrogens with zero attached hydrogens (tertiary/aromatic N) is 2. The van der Waals surface area contributed by atoms with E-state index in [4.69, 9.17) is 11.3 Å². The minimum absolute atomic E-state index is 0.281. The van der Waals surface area contributed by atoms with Gasteiger partial charge in [-0.1, -0.05) is 13.0 Å². The van der Waals surface area contributed by atoms with Crippen molar-refractivity contribution in [1.82, 2.24) is 4.98 Å². The van der Waals surface area contributed by atoms with Crippen LogP contribution in [-0.2, 0) is 0 Å². The molecular formula is C12H14N2O. The van der Waals surface area contributed by atoms with Gasteiger partial charge in [0.25, 0.3) is 0 Å². The van der Waals surface area contributed by atoms with Crippen LogP contribution in [0.1, 0.15) is 32.1 Å². The van der Waals surface area contributed by atoms with Gasteiger partial charge in [0, 0.05) is 0 Å². The summed E-state index contributed by atoms with van der Waals surface area (Å²) in [5, 5.41) is 0. The fourth-order valence-electron chi connectivity index (χ4n) is 1.92. The lowest BCUT2D eigenvalue weighted by Gasteiger charge is -2.23. The minimum atomic E-state index is 0.281. The molecule has 78 valence electrons. The van der Waals surface area contributed by atoms with Gasteiger partial charge in [0.2, 0.25) is 0 Å². The van der Waals surface area contributed by atoms with Crippen molar-refractivity contribution < 1.29 is 4.74 Å². The maximum Gasteiger partial charge on any atom is 0.311 e. The molecule has 2 rings (SSSR count). The Morgan fingerprint density at radius 3 is 2.87 bits per heavy atom. The van der Waals surface area contributed by atoms with Crippen LogP contribution in [-0.4, -0.2) is 11.1 Å². The zero-order valence-electron chi connectivity index (χ0n) is 8.65. The van der Waals surface area contributed by atoms with E-state index >= 15 is 0 Å². The lowest BCUT2D eigenvalue weighted by Crippen LogP contribution is -2.19. The Balaban J connectivity index is 2.06. The summed E-state index contributed by atoms with van der Waals surface area (Å²) < 4.78 is 5.80. The molecule has 0 radical (unpaired) electrons. The number of hydrogen-bond donors (Lipinski definition) is 0. The van der Waals surface area contributed by atoms with E-state index in [0.717, 1.165) is 12.8 Å². The summed E-state index contributed by atoms with van der Waals surface area (Å²) >= 11 is 0. The molecule has 3 nitrogen and oxygen atoms in total. The van der Waals surface area contributed by atoms with Gasteiger partial charge in [-0.3, -0.25) is 0 Å². The molecule has 1 aromatic rings. The van der Waals surface area contributed by atoms with Gasteiger partial charge in [-0.15, -0.1) is 4.98 Å². The van der Waals surface area contributed by atoms with Gasteiger partial charge < -0.3 is 9.58 Å². The normalized spacial score (nSPS) is 17.0. The summed E-state index contributed by atoms with van der Waals surface area (Å²) in [4.78, 5) is 7.33. The average molecular weight is 202 g/mol. The van der Waals surface area contributed by atoms with Gasteiger partial charge in [0.05, 0.1) is 6.10 Å². The standard InChI is InChI=1S/C12H14N2O/c1-13-12-11(8-5-9-14-12)15-10-6-3-2-4-7-10/h5,8-10H,2-4,6-7H2. The van der Waals surface area contributed by atoms with Crippen molar-refractivity contribution in [3.05, 3.63) is 29.7 Å². The summed E-state index contributed by atoms with van der Waals surface area (Å²) in [5.41, 5.74) is 0. The molecular weight excluding hydrogens is 188 g/mol. The Morgan fingerprint density at radius 1 is 1.33 bits per heavy atom. The third-order valence-electron chi connectivity index (χ3n) is 2.70. The van der Waals surface area contributed by atoms with Crippen molar-refractivity contribution in [2.75, 3.05) is 0 Å². The highest BCUT2D eigenvalue weighted by Crippen LogP contribution is 2.28. The van der Waals surface area contributed by atoms with Crippen molar-refractivity contribution in [1.29, 1.82) is 0 Å². The van der Waals surface area contributed by atoms with E-state index in [9.17, 15) is 0 Å². The van der Waals surface area contributed by atoms with E-state index in [1.807, 2.05) is 12.1 Å². The van der Waals surface area contributed by atoms with Crippen LogP contribution in [0.25, 0.3) is 4.85 Å². The van der Waals surface area contributed by atoms with Crippen molar-refractivity contribution in [3.8, 4) is 5.75 Å². The topological polar surface area (TPSA) is 26.5 Å². The van der Waals surface area contributed by atoms with Crippen molar-refractivity contribution in [2.45, 2.75) is 38.2 Å². The van der Waals surface area contributed by atoms with E-state index in [1.54, 1.807) is 6.20 Å². The average Bonchev–Trinajstić information content (AvgIpc) is 2.31. The number of aromatic nitrogens is 1. The van der Waals surface area contributed by atoms with Crippen LogP contribution in [0.15, 0.2) is 18.3 Å². The van der Waals surface area contributed by atoms with Gasteiger partial charge in [-0.2, -0.15) is 0 Å². The molecule has 1 heterocycles. The monoisotopic (exact) mass is 202 g/mol. The molecule has 0 aromatic carbocycles. The number of ether oxygens (including phenoxy) is 1. The molecule has 0 N–H and O–H groups in total. The third kappa shape index (κ3) is 2.47. The first-order chi connectivity index (χ1) is 7.40. The summed E-state index contributed by atoms with van der Waals surface area (Å²) in [6.45, 7) is 6.98. The van der Waals surface area contributed by atoms with Crippen LogP contribution >= 0.6 is 0 Å². The van der Waals surface area contributed by atoms with Crippen LogP contribution < -0.4 is 4.74 Å². The molecule has 1 saturated carbocycles. The van der Waals surface area contributed by atoms with Gasteiger partial charge in [-0.25, -0.2) is 0 Å². The predicted octanol–water partition coefficient (Wildman–Crippen LogP) is 3.34. The summed E-state index contributed by atoms with van der Waals surface area (Å²) in [6.07, 6.45) is 7.89. The second-order valence-corrected chi connectivity index (χ2v) is 3.81. The Morgan fingerprint density at radius 2 is 2.13 bits per heavy atom. The van der Waals surface area contributed by atoms with Crippen LogP contribution in [0.5, 0.6) is 5.75 Å². The van der Waals surface area contributed by atoms with Crippen molar-refractivity contribution >= 4 is 5.82 Å². The molecule has 0 unspecified atom stereocenters. The fourth-order valence-corrected chi connectivity index (χ4v) is 1.92. The largest absolute Gasteiger partial charge is 0.500 e. The molecule has 0 amide bonds. The Hall–Kier alpha value is -1.56. The third-order valence-corrected chi connectivity index (χ3v) is 2.70. The molecule has 0 atom stereocenters. The second kappa shape index (κ2) is 4.79. The van der Waals surface area contributed by atoms with Gasteiger partial charge in [0.15, 0.2) is 0 Å². The maximum absolute atomic E-state index is 6.98. The number of hydrogen-bond acceptors (Lipinski definition) is 2. The zero-order chi connectivity index (χ0) is 10.5. The molecule has 1 fully saturated rings. The lowest BCUT2D eigenvalue weighted by molar-refractivity contribution is 0.155. The van der Waals surface area contributed by atoms with E-state index in [-0.39, 0.29) is 6.10 Å². The maximum atomic E-state index is 6.98. The Kier molecular flexibility index (Phi) is 3.18. The summed E-state index contributed by atoms with van der Waals surface area (Å²) in [7, 11) is 0.